The molecule has 1 saturated heterocycles. The molecule has 0 aromatic heterocycles. The van der Waals surface area contributed by atoms with E-state index in [1.807, 2.05) is 17.8 Å². The van der Waals surface area contributed by atoms with Gasteiger partial charge in [0, 0.05) is 23.6 Å². The average molecular weight is 253 g/mol. The van der Waals surface area contributed by atoms with E-state index in [1.54, 1.807) is 6.07 Å². The molecule has 2 rings (SSSR count). The van der Waals surface area contributed by atoms with Crippen molar-refractivity contribution in [3.05, 3.63) is 29.6 Å². The Hall–Kier alpha value is -1.03. The number of thioether (sulfide) groups is 1. The van der Waals surface area contributed by atoms with Crippen molar-refractivity contribution in [3.8, 4) is 0 Å². The first-order chi connectivity index (χ1) is 8.11. The lowest BCUT2D eigenvalue weighted by Crippen LogP contribution is -2.41. The van der Waals surface area contributed by atoms with E-state index in [0.29, 0.717) is 16.8 Å². The summed E-state index contributed by atoms with van der Waals surface area (Å²) in [5.41, 5.74) is 0.901. The summed E-state index contributed by atoms with van der Waals surface area (Å²) in [6, 6.07) is 4.82. The number of nitrogens with zero attached hydrogens (tertiary/aromatic N) is 1. The number of aldehydes is 1. The molecule has 1 aromatic rings. The Bertz CT molecular complexity index is 414. The maximum Gasteiger partial charge on any atom is 0.155 e. The highest BCUT2D eigenvalue weighted by molar-refractivity contribution is 8.00. The van der Waals surface area contributed by atoms with Gasteiger partial charge in [0.25, 0.3) is 0 Å². The fourth-order valence-corrected chi connectivity index (χ4v) is 3.62. The quantitative estimate of drug-likeness (QED) is 0.756. The molecule has 1 aliphatic rings. The van der Waals surface area contributed by atoms with Gasteiger partial charge < -0.3 is 4.90 Å². The van der Waals surface area contributed by atoms with Crippen LogP contribution >= 0.6 is 11.8 Å². The maximum absolute atomic E-state index is 13.5. The fourth-order valence-electron chi connectivity index (χ4n) is 2.29. The van der Waals surface area contributed by atoms with Crippen LogP contribution in [0.15, 0.2) is 18.2 Å². The summed E-state index contributed by atoms with van der Waals surface area (Å²) in [6.07, 6.45) is 0.613. The predicted octanol–water partition coefficient (Wildman–Crippen LogP) is 2.97. The lowest BCUT2D eigenvalue weighted by Gasteiger charge is -2.36. The summed E-state index contributed by atoms with van der Waals surface area (Å²) >= 11 is 1.93. The van der Waals surface area contributed by atoms with Gasteiger partial charge in [-0.15, -0.1) is 0 Å². The van der Waals surface area contributed by atoms with Crippen LogP contribution in [-0.4, -0.2) is 29.9 Å². The molecule has 0 bridgehead atoms. The molecule has 1 heterocycles. The van der Waals surface area contributed by atoms with Crippen molar-refractivity contribution in [1.29, 1.82) is 0 Å². The molecule has 2 nitrogen and oxygen atoms in total. The Morgan fingerprint density at radius 1 is 1.35 bits per heavy atom. The number of halogens is 1. The van der Waals surface area contributed by atoms with Gasteiger partial charge in [0.15, 0.2) is 6.29 Å². The van der Waals surface area contributed by atoms with Gasteiger partial charge in [0.05, 0.1) is 11.3 Å². The monoisotopic (exact) mass is 253 g/mol. The maximum atomic E-state index is 13.5. The number of carbonyl (C=O) groups excluding carboxylic acids is 1. The van der Waals surface area contributed by atoms with E-state index in [2.05, 4.69) is 18.7 Å². The van der Waals surface area contributed by atoms with Crippen LogP contribution in [0, 0.1) is 5.82 Å². The first-order valence-electron chi connectivity index (χ1n) is 5.76. The zero-order valence-electron chi connectivity index (χ0n) is 10.0. The SMILES string of the molecule is CC1CN(c2cccc(F)c2C=O)CC(C)S1. The third-order valence-corrected chi connectivity index (χ3v) is 4.14. The number of hydrogen-bond donors (Lipinski definition) is 0. The van der Waals surface area contributed by atoms with Gasteiger partial charge in [0.2, 0.25) is 0 Å². The fraction of sp³-hybridized carbons (Fsp3) is 0.462. The molecule has 0 N–H and O–H groups in total. The Balaban J connectivity index is 2.33. The Morgan fingerprint density at radius 2 is 2.00 bits per heavy atom. The van der Waals surface area contributed by atoms with Crippen LogP contribution in [0.3, 0.4) is 0 Å². The predicted molar refractivity (Wildman–Crippen MR) is 70.5 cm³/mol. The van der Waals surface area contributed by atoms with Crippen LogP contribution in [-0.2, 0) is 0 Å². The van der Waals surface area contributed by atoms with Crippen molar-refractivity contribution >= 4 is 23.7 Å². The summed E-state index contributed by atoms with van der Waals surface area (Å²) in [4.78, 5) is 13.1. The summed E-state index contributed by atoms with van der Waals surface area (Å²) < 4.78 is 13.5. The first-order valence-corrected chi connectivity index (χ1v) is 6.70. The van der Waals surface area contributed by atoms with E-state index >= 15 is 0 Å². The molecule has 0 saturated carbocycles. The molecule has 1 fully saturated rings. The van der Waals surface area contributed by atoms with Crippen molar-refractivity contribution < 1.29 is 9.18 Å². The second-order valence-corrected chi connectivity index (χ2v) is 6.33. The molecule has 17 heavy (non-hydrogen) atoms. The molecule has 0 spiro atoms. The van der Waals surface area contributed by atoms with Gasteiger partial charge in [0.1, 0.15) is 5.82 Å². The molecular weight excluding hydrogens is 237 g/mol. The standard InChI is InChI=1S/C13H16FNOS/c1-9-6-15(7-10(2)17-9)13-5-3-4-12(14)11(13)8-16/h3-5,8-10H,6-7H2,1-2H3. The Labute approximate surface area is 105 Å². The van der Waals surface area contributed by atoms with Crippen LogP contribution in [0.1, 0.15) is 24.2 Å². The largest absolute Gasteiger partial charge is 0.369 e. The van der Waals surface area contributed by atoms with Crippen molar-refractivity contribution in [2.24, 2.45) is 0 Å². The number of hydrogen-bond acceptors (Lipinski definition) is 3. The molecule has 0 radical (unpaired) electrons. The minimum Gasteiger partial charge on any atom is -0.369 e. The molecular formula is C13H16FNOS. The van der Waals surface area contributed by atoms with Crippen LogP contribution < -0.4 is 4.90 Å². The van der Waals surface area contributed by atoms with Crippen molar-refractivity contribution in [2.75, 3.05) is 18.0 Å². The van der Waals surface area contributed by atoms with Gasteiger partial charge in [-0.1, -0.05) is 19.9 Å². The van der Waals surface area contributed by atoms with Crippen molar-refractivity contribution in [3.63, 3.8) is 0 Å². The molecule has 1 aromatic carbocycles. The lowest BCUT2D eigenvalue weighted by atomic mass is 10.1. The second-order valence-electron chi connectivity index (χ2n) is 4.45. The molecule has 92 valence electrons. The molecule has 4 heteroatoms. The van der Waals surface area contributed by atoms with Crippen LogP contribution in [0.5, 0.6) is 0 Å². The number of anilines is 1. The molecule has 0 amide bonds. The Kier molecular flexibility index (Phi) is 3.72. The highest BCUT2D eigenvalue weighted by Crippen LogP contribution is 2.30. The highest BCUT2D eigenvalue weighted by Gasteiger charge is 2.24. The van der Waals surface area contributed by atoms with E-state index in [1.165, 1.54) is 6.07 Å². The summed E-state index contributed by atoms with van der Waals surface area (Å²) in [5.74, 6) is -0.434. The normalized spacial score (nSPS) is 24.8. The number of rotatable bonds is 2. The summed E-state index contributed by atoms with van der Waals surface area (Å²) in [6.45, 7) is 6.04. The molecule has 0 aliphatic carbocycles. The van der Waals surface area contributed by atoms with E-state index in [-0.39, 0.29) is 5.56 Å². The minimum absolute atomic E-state index is 0.179. The highest BCUT2D eigenvalue weighted by atomic mass is 32.2. The van der Waals surface area contributed by atoms with Gasteiger partial charge in [-0.2, -0.15) is 11.8 Å². The Morgan fingerprint density at radius 3 is 2.59 bits per heavy atom. The summed E-state index contributed by atoms with van der Waals surface area (Å²) in [5, 5.41) is 1.00. The number of benzene rings is 1. The van der Waals surface area contributed by atoms with E-state index in [4.69, 9.17) is 0 Å². The summed E-state index contributed by atoms with van der Waals surface area (Å²) in [7, 11) is 0. The van der Waals surface area contributed by atoms with Crippen molar-refractivity contribution in [1.82, 2.24) is 0 Å². The zero-order valence-corrected chi connectivity index (χ0v) is 10.8. The van der Waals surface area contributed by atoms with Crippen LogP contribution in [0.2, 0.25) is 0 Å². The first kappa shape index (κ1) is 12.4. The third-order valence-electron chi connectivity index (χ3n) is 2.91. The average Bonchev–Trinajstić information content (AvgIpc) is 2.27. The topological polar surface area (TPSA) is 20.3 Å². The molecule has 2 atom stereocenters. The van der Waals surface area contributed by atoms with E-state index in [0.717, 1.165) is 18.8 Å². The number of carbonyl (C=O) groups is 1. The molecule has 1 aliphatic heterocycles. The van der Waals surface area contributed by atoms with Gasteiger partial charge in [-0.05, 0) is 12.1 Å². The van der Waals surface area contributed by atoms with Gasteiger partial charge in [-0.3, -0.25) is 4.79 Å². The minimum atomic E-state index is -0.434. The van der Waals surface area contributed by atoms with Crippen molar-refractivity contribution in [2.45, 2.75) is 24.3 Å². The smallest absolute Gasteiger partial charge is 0.155 e. The second kappa shape index (κ2) is 5.08. The van der Waals surface area contributed by atoms with Gasteiger partial charge in [-0.25, -0.2) is 4.39 Å². The zero-order chi connectivity index (χ0) is 12.4. The van der Waals surface area contributed by atoms with Crippen LogP contribution in [0.4, 0.5) is 10.1 Å². The lowest BCUT2D eigenvalue weighted by molar-refractivity contribution is 0.112. The third kappa shape index (κ3) is 2.63. The van der Waals surface area contributed by atoms with Gasteiger partial charge >= 0.3 is 0 Å². The van der Waals surface area contributed by atoms with Crippen LogP contribution in [0.25, 0.3) is 0 Å². The van der Waals surface area contributed by atoms with E-state index in [9.17, 15) is 9.18 Å². The molecule has 2 unspecified atom stereocenters. The van der Waals surface area contributed by atoms with E-state index < -0.39 is 5.82 Å².